The molecule has 1 aromatic carbocycles. The highest BCUT2D eigenvalue weighted by Crippen LogP contribution is 2.31. The van der Waals surface area contributed by atoms with E-state index < -0.39 is 0 Å². The largest absolute Gasteiger partial charge is 0.307 e. The van der Waals surface area contributed by atoms with E-state index >= 15 is 0 Å². The number of non-ortho nitro benzene ring substituents is 1. The van der Waals surface area contributed by atoms with E-state index in [1.165, 1.54) is 25.0 Å². The molecule has 0 saturated heterocycles. The van der Waals surface area contributed by atoms with E-state index in [1.54, 1.807) is 12.1 Å². The molecule has 110 valence electrons. The number of hydrogen-bond donors (Lipinski definition) is 1. The fourth-order valence-corrected chi connectivity index (χ4v) is 3.96. The molecule has 4 nitrogen and oxygen atoms in total. The van der Waals surface area contributed by atoms with Crippen LogP contribution < -0.4 is 5.32 Å². The van der Waals surface area contributed by atoms with Gasteiger partial charge in [-0.2, -0.15) is 11.8 Å². The summed E-state index contributed by atoms with van der Waals surface area (Å²) < 4.78 is 0. The molecule has 1 saturated carbocycles. The predicted molar refractivity (Wildman–Crippen MR) is 84.2 cm³/mol. The van der Waals surface area contributed by atoms with Crippen molar-refractivity contribution in [2.45, 2.75) is 50.4 Å². The topological polar surface area (TPSA) is 55.2 Å². The summed E-state index contributed by atoms with van der Waals surface area (Å²) in [4.78, 5) is 10.3. The Hall–Kier alpha value is -1.07. The monoisotopic (exact) mass is 294 g/mol. The van der Waals surface area contributed by atoms with Gasteiger partial charge in [-0.1, -0.05) is 19.1 Å². The summed E-state index contributed by atoms with van der Waals surface area (Å²) in [5.74, 6) is 1.19. The van der Waals surface area contributed by atoms with Crippen LogP contribution in [-0.4, -0.2) is 22.0 Å². The Morgan fingerprint density at radius 3 is 2.70 bits per heavy atom. The Morgan fingerprint density at radius 1 is 1.40 bits per heavy atom. The van der Waals surface area contributed by atoms with Crippen molar-refractivity contribution in [3.8, 4) is 0 Å². The average molecular weight is 294 g/mol. The third-order valence-electron chi connectivity index (χ3n) is 3.88. The zero-order chi connectivity index (χ0) is 14.5. The van der Waals surface area contributed by atoms with Crippen LogP contribution in [-0.2, 0) is 0 Å². The predicted octanol–water partition coefficient (Wildman–Crippen LogP) is 3.92. The number of nitro benzene ring substituents is 1. The van der Waals surface area contributed by atoms with Crippen LogP contribution in [0.1, 0.15) is 44.7 Å². The second kappa shape index (κ2) is 7.09. The number of benzene rings is 1. The molecule has 1 N–H and O–H groups in total. The van der Waals surface area contributed by atoms with E-state index in [0.29, 0.717) is 6.04 Å². The average Bonchev–Trinajstić information content (AvgIpc) is 2.86. The second-order valence-corrected chi connectivity index (χ2v) is 6.90. The first-order valence-electron chi connectivity index (χ1n) is 7.22. The summed E-state index contributed by atoms with van der Waals surface area (Å²) in [5.41, 5.74) is 1.27. The van der Waals surface area contributed by atoms with Crippen molar-refractivity contribution in [2.24, 2.45) is 0 Å². The van der Waals surface area contributed by atoms with Crippen molar-refractivity contribution in [1.29, 1.82) is 0 Å². The van der Waals surface area contributed by atoms with Gasteiger partial charge in [-0.25, -0.2) is 0 Å². The lowest BCUT2D eigenvalue weighted by molar-refractivity contribution is -0.384. The van der Waals surface area contributed by atoms with Crippen molar-refractivity contribution in [3.63, 3.8) is 0 Å². The minimum Gasteiger partial charge on any atom is -0.307 e. The van der Waals surface area contributed by atoms with Gasteiger partial charge in [0, 0.05) is 29.5 Å². The maximum Gasteiger partial charge on any atom is 0.269 e. The van der Waals surface area contributed by atoms with Crippen molar-refractivity contribution >= 4 is 17.4 Å². The molecule has 0 bridgehead atoms. The van der Waals surface area contributed by atoms with Crippen LogP contribution >= 0.6 is 11.8 Å². The number of thioether (sulfide) groups is 1. The normalized spacial score (nSPS) is 23.7. The van der Waals surface area contributed by atoms with Gasteiger partial charge in [-0.15, -0.1) is 0 Å². The minimum atomic E-state index is -0.356. The molecule has 0 amide bonds. The van der Waals surface area contributed by atoms with Crippen LogP contribution in [0.15, 0.2) is 24.3 Å². The van der Waals surface area contributed by atoms with Crippen molar-refractivity contribution in [3.05, 3.63) is 39.9 Å². The number of nitro groups is 1. The smallest absolute Gasteiger partial charge is 0.269 e. The van der Waals surface area contributed by atoms with Crippen LogP contribution in [0.3, 0.4) is 0 Å². The Labute approximate surface area is 124 Å². The van der Waals surface area contributed by atoms with Gasteiger partial charge in [0.1, 0.15) is 0 Å². The maximum absolute atomic E-state index is 10.6. The zero-order valence-corrected chi connectivity index (χ0v) is 12.9. The van der Waals surface area contributed by atoms with Gasteiger partial charge in [-0.3, -0.25) is 10.1 Å². The standard InChI is InChI=1S/C15H22N2O2S/c1-3-20-15-9-6-13(10-15)16-11(2)12-4-7-14(8-5-12)17(18)19/h4-5,7-8,11,13,15-16H,3,6,9-10H2,1-2H3. The number of nitrogens with zero attached hydrogens (tertiary/aromatic N) is 1. The quantitative estimate of drug-likeness (QED) is 0.638. The highest BCUT2D eigenvalue weighted by atomic mass is 32.2. The molecule has 1 aromatic rings. The first-order valence-corrected chi connectivity index (χ1v) is 8.27. The van der Waals surface area contributed by atoms with Crippen LogP contribution in [0.5, 0.6) is 0 Å². The summed E-state index contributed by atoms with van der Waals surface area (Å²) in [6.45, 7) is 4.34. The van der Waals surface area contributed by atoms with Gasteiger partial charge in [-0.05, 0) is 37.5 Å². The van der Waals surface area contributed by atoms with E-state index in [-0.39, 0.29) is 16.7 Å². The highest BCUT2D eigenvalue weighted by Gasteiger charge is 2.25. The molecule has 0 spiro atoms. The molecule has 1 fully saturated rings. The fraction of sp³-hybridized carbons (Fsp3) is 0.600. The van der Waals surface area contributed by atoms with Gasteiger partial charge in [0.25, 0.3) is 5.69 Å². The van der Waals surface area contributed by atoms with Gasteiger partial charge in [0.15, 0.2) is 0 Å². The maximum atomic E-state index is 10.6. The SMILES string of the molecule is CCSC1CCC(NC(C)c2ccc([N+](=O)[O-])cc2)C1. The lowest BCUT2D eigenvalue weighted by Gasteiger charge is -2.20. The lowest BCUT2D eigenvalue weighted by Crippen LogP contribution is -2.29. The van der Waals surface area contributed by atoms with Crippen LogP contribution in [0.25, 0.3) is 0 Å². The van der Waals surface area contributed by atoms with Crippen molar-refractivity contribution in [1.82, 2.24) is 5.32 Å². The van der Waals surface area contributed by atoms with Crippen molar-refractivity contribution < 1.29 is 4.92 Å². The third kappa shape index (κ3) is 3.96. The molecule has 0 radical (unpaired) electrons. The number of hydrogen-bond acceptors (Lipinski definition) is 4. The zero-order valence-electron chi connectivity index (χ0n) is 12.0. The van der Waals surface area contributed by atoms with Crippen LogP contribution in [0.2, 0.25) is 0 Å². The van der Waals surface area contributed by atoms with Gasteiger partial charge < -0.3 is 5.32 Å². The molecule has 0 heterocycles. The summed E-state index contributed by atoms with van der Waals surface area (Å²) in [6.07, 6.45) is 3.76. The van der Waals surface area contributed by atoms with E-state index in [0.717, 1.165) is 10.8 Å². The summed E-state index contributed by atoms with van der Waals surface area (Å²) in [5, 5.41) is 15.1. The lowest BCUT2D eigenvalue weighted by atomic mass is 10.1. The molecular weight excluding hydrogens is 272 g/mol. The third-order valence-corrected chi connectivity index (χ3v) is 5.11. The molecular formula is C15H22N2O2S. The molecule has 3 unspecified atom stereocenters. The number of nitrogens with one attached hydrogen (secondary N) is 1. The summed E-state index contributed by atoms with van der Waals surface area (Å²) in [6, 6.07) is 7.68. The Kier molecular flexibility index (Phi) is 5.43. The molecule has 3 atom stereocenters. The van der Waals surface area contributed by atoms with Gasteiger partial charge in [0.2, 0.25) is 0 Å². The molecule has 0 aromatic heterocycles. The summed E-state index contributed by atoms with van der Waals surface area (Å²) in [7, 11) is 0. The second-order valence-electron chi connectivity index (χ2n) is 5.32. The molecule has 1 aliphatic carbocycles. The Balaban J connectivity index is 1.88. The van der Waals surface area contributed by atoms with E-state index in [2.05, 4.69) is 30.9 Å². The number of rotatable bonds is 6. The first-order chi connectivity index (χ1) is 9.60. The molecule has 5 heteroatoms. The van der Waals surface area contributed by atoms with E-state index in [9.17, 15) is 10.1 Å². The molecule has 0 aliphatic heterocycles. The molecule has 2 rings (SSSR count). The van der Waals surface area contributed by atoms with Gasteiger partial charge >= 0.3 is 0 Å². The van der Waals surface area contributed by atoms with Gasteiger partial charge in [0.05, 0.1) is 4.92 Å². The summed E-state index contributed by atoms with van der Waals surface area (Å²) >= 11 is 2.06. The highest BCUT2D eigenvalue weighted by molar-refractivity contribution is 7.99. The van der Waals surface area contributed by atoms with E-state index in [1.807, 2.05) is 12.1 Å². The Bertz CT molecular complexity index is 450. The molecule has 1 aliphatic rings. The minimum absolute atomic E-state index is 0.154. The van der Waals surface area contributed by atoms with Crippen LogP contribution in [0, 0.1) is 10.1 Å². The first kappa shape index (κ1) is 15.3. The van der Waals surface area contributed by atoms with Crippen LogP contribution in [0.4, 0.5) is 5.69 Å². The van der Waals surface area contributed by atoms with Crippen molar-refractivity contribution in [2.75, 3.05) is 5.75 Å². The fourth-order valence-electron chi connectivity index (χ4n) is 2.81. The van der Waals surface area contributed by atoms with E-state index in [4.69, 9.17) is 0 Å². The Morgan fingerprint density at radius 2 is 2.10 bits per heavy atom. The molecule has 20 heavy (non-hydrogen) atoms.